The van der Waals surface area contributed by atoms with Gasteiger partial charge in [-0.3, -0.25) is 4.79 Å². The Labute approximate surface area is 417 Å². The molecular formula is C63H124O3. The highest BCUT2D eigenvalue weighted by Gasteiger charge is 2.03. The lowest BCUT2D eigenvalue weighted by molar-refractivity contribution is -0.143. The maximum absolute atomic E-state index is 12.1. The fourth-order valence-electron chi connectivity index (χ4n) is 10.1. The first-order valence-corrected chi connectivity index (χ1v) is 31.2. The Hall–Kier alpha value is -0.830. The van der Waals surface area contributed by atoms with Crippen molar-refractivity contribution < 1.29 is 14.6 Å². The van der Waals surface area contributed by atoms with Crippen molar-refractivity contribution in [1.29, 1.82) is 0 Å². The quantitative estimate of drug-likeness (QED) is 0.0376. The van der Waals surface area contributed by atoms with Gasteiger partial charge in [0.05, 0.1) is 6.61 Å². The van der Waals surface area contributed by atoms with E-state index >= 15 is 0 Å². The first-order chi connectivity index (χ1) is 32.8. The average Bonchev–Trinajstić information content (AvgIpc) is 3.32. The second-order valence-electron chi connectivity index (χ2n) is 21.5. The standard InChI is InChI=1S/C63H124O3/c1-2-3-4-5-6-7-8-9-10-11-12-30-33-36-39-42-45-48-51-54-57-60-63(65)66-62-59-56-53-50-47-44-41-38-35-32-29-27-25-23-21-19-17-15-13-14-16-18-20-22-24-26-28-31-34-37-40-43-46-49-52-55-58-61-64/h9-10,64H,2-8,11-62H2,1H3. The van der Waals surface area contributed by atoms with E-state index in [4.69, 9.17) is 9.84 Å². The van der Waals surface area contributed by atoms with Gasteiger partial charge in [0.2, 0.25) is 0 Å². The summed E-state index contributed by atoms with van der Waals surface area (Å²) in [6.45, 7) is 3.29. The summed E-state index contributed by atoms with van der Waals surface area (Å²) in [4.78, 5) is 12.1. The summed E-state index contributed by atoms with van der Waals surface area (Å²) >= 11 is 0. The molecule has 0 bridgehead atoms. The molecule has 0 saturated heterocycles. The van der Waals surface area contributed by atoms with Crippen molar-refractivity contribution in [2.75, 3.05) is 13.2 Å². The van der Waals surface area contributed by atoms with E-state index in [1.165, 1.54) is 340 Å². The summed E-state index contributed by atoms with van der Waals surface area (Å²) in [6, 6.07) is 0. The van der Waals surface area contributed by atoms with Crippen LogP contribution in [0.3, 0.4) is 0 Å². The van der Waals surface area contributed by atoms with Gasteiger partial charge in [0.25, 0.3) is 0 Å². The van der Waals surface area contributed by atoms with Crippen LogP contribution in [-0.2, 0) is 9.53 Å². The minimum absolute atomic E-state index is 0.0300. The highest BCUT2D eigenvalue weighted by molar-refractivity contribution is 5.69. The van der Waals surface area contributed by atoms with Crippen LogP contribution in [0.1, 0.15) is 373 Å². The number of hydrogen-bond donors (Lipinski definition) is 1. The van der Waals surface area contributed by atoms with Crippen molar-refractivity contribution in [3.63, 3.8) is 0 Å². The number of ether oxygens (including phenoxy) is 1. The summed E-state index contributed by atoms with van der Waals surface area (Å²) in [5.41, 5.74) is 0. The Morgan fingerprint density at radius 2 is 0.500 bits per heavy atom. The van der Waals surface area contributed by atoms with Gasteiger partial charge in [0.1, 0.15) is 0 Å². The zero-order valence-corrected chi connectivity index (χ0v) is 45.6. The lowest BCUT2D eigenvalue weighted by atomic mass is 10.0. The predicted molar refractivity (Wildman–Crippen MR) is 296 cm³/mol. The number of unbranched alkanes of at least 4 members (excludes halogenated alkanes) is 53. The molecule has 3 nitrogen and oxygen atoms in total. The predicted octanol–water partition coefficient (Wildman–Crippen LogP) is 22.3. The number of esters is 1. The molecule has 0 unspecified atom stereocenters. The van der Waals surface area contributed by atoms with Crippen LogP contribution in [0.2, 0.25) is 0 Å². The maximum Gasteiger partial charge on any atom is 0.305 e. The zero-order valence-electron chi connectivity index (χ0n) is 45.6. The molecule has 0 aromatic rings. The van der Waals surface area contributed by atoms with Gasteiger partial charge in [-0.1, -0.05) is 334 Å². The summed E-state index contributed by atoms with van der Waals surface area (Å²) in [5.74, 6) is 0.0300. The third-order valence-electron chi connectivity index (χ3n) is 14.7. The molecule has 0 radical (unpaired) electrons. The third kappa shape index (κ3) is 61.2. The molecule has 0 saturated carbocycles. The van der Waals surface area contributed by atoms with E-state index < -0.39 is 0 Å². The zero-order chi connectivity index (χ0) is 47.4. The van der Waals surface area contributed by atoms with Crippen molar-refractivity contribution in [1.82, 2.24) is 0 Å². The molecule has 0 aliphatic rings. The number of hydrogen-bond acceptors (Lipinski definition) is 3. The SMILES string of the molecule is CCCCCCCCC=CCCCCCCCCCCCCCC(=O)OCCCCCCCCCCCCCCCCCCCCCCCCCCCCCCCCCCCCCCCO. The van der Waals surface area contributed by atoms with Crippen molar-refractivity contribution in [2.45, 2.75) is 373 Å². The number of carbonyl (C=O) groups is 1. The van der Waals surface area contributed by atoms with Gasteiger partial charge in [-0.2, -0.15) is 0 Å². The first kappa shape index (κ1) is 65.2. The van der Waals surface area contributed by atoms with Gasteiger partial charge in [-0.25, -0.2) is 0 Å². The number of allylic oxidation sites excluding steroid dienone is 2. The van der Waals surface area contributed by atoms with Crippen molar-refractivity contribution in [3.8, 4) is 0 Å². The average molecular weight is 930 g/mol. The van der Waals surface area contributed by atoms with Crippen LogP contribution >= 0.6 is 0 Å². The van der Waals surface area contributed by atoms with Crippen LogP contribution in [0.5, 0.6) is 0 Å². The van der Waals surface area contributed by atoms with Crippen LogP contribution in [-0.4, -0.2) is 24.3 Å². The van der Waals surface area contributed by atoms with E-state index in [-0.39, 0.29) is 5.97 Å². The molecule has 3 heteroatoms. The summed E-state index contributed by atoms with van der Waals surface area (Å²) in [7, 11) is 0. The largest absolute Gasteiger partial charge is 0.466 e. The molecule has 66 heavy (non-hydrogen) atoms. The molecule has 0 heterocycles. The molecule has 0 aliphatic carbocycles. The van der Waals surface area contributed by atoms with Crippen molar-refractivity contribution in [2.24, 2.45) is 0 Å². The minimum Gasteiger partial charge on any atom is -0.466 e. The highest BCUT2D eigenvalue weighted by Crippen LogP contribution is 2.19. The lowest BCUT2D eigenvalue weighted by Crippen LogP contribution is -2.05. The second-order valence-corrected chi connectivity index (χ2v) is 21.5. The van der Waals surface area contributed by atoms with E-state index in [1.807, 2.05) is 0 Å². The van der Waals surface area contributed by atoms with Gasteiger partial charge in [-0.05, 0) is 44.9 Å². The Kier molecular flexibility index (Phi) is 61.4. The summed E-state index contributed by atoms with van der Waals surface area (Å²) in [5, 5.41) is 8.83. The first-order valence-electron chi connectivity index (χ1n) is 31.2. The number of rotatable bonds is 60. The Balaban J connectivity index is 3.15. The van der Waals surface area contributed by atoms with E-state index in [0.29, 0.717) is 19.6 Å². The molecular weight excluding hydrogens is 805 g/mol. The maximum atomic E-state index is 12.1. The number of aliphatic hydroxyl groups excluding tert-OH is 1. The normalized spacial score (nSPS) is 11.7. The Morgan fingerprint density at radius 1 is 0.288 bits per heavy atom. The van der Waals surface area contributed by atoms with Gasteiger partial charge >= 0.3 is 5.97 Å². The fourth-order valence-corrected chi connectivity index (χ4v) is 10.1. The van der Waals surface area contributed by atoms with E-state index in [2.05, 4.69) is 19.1 Å². The minimum atomic E-state index is 0.0300. The van der Waals surface area contributed by atoms with Crippen LogP contribution in [0.4, 0.5) is 0 Å². The Morgan fingerprint density at radius 3 is 0.758 bits per heavy atom. The lowest BCUT2D eigenvalue weighted by Gasteiger charge is -2.06. The third-order valence-corrected chi connectivity index (χ3v) is 14.7. The molecule has 1 N–H and O–H groups in total. The smallest absolute Gasteiger partial charge is 0.305 e. The van der Waals surface area contributed by atoms with Crippen molar-refractivity contribution in [3.05, 3.63) is 12.2 Å². The van der Waals surface area contributed by atoms with E-state index in [1.54, 1.807) is 0 Å². The van der Waals surface area contributed by atoms with Crippen LogP contribution in [0.25, 0.3) is 0 Å². The van der Waals surface area contributed by atoms with Gasteiger partial charge in [0.15, 0.2) is 0 Å². The summed E-state index contributed by atoms with van der Waals surface area (Å²) in [6.07, 6.45) is 82.9. The molecule has 0 amide bonds. The van der Waals surface area contributed by atoms with Gasteiger partial charge in [-0.15, -0.1) is 0 Å². The second kappa shape index (κ2) is 62.2. The molecule has 0 atom stereocenters. The molecule has 394 valence electrons. The van der Waals surface area contributed by atoms with Crippen LogP contribution < -0.4 is 0 Å². The summed E-state index contributed by atoms with van der Waals surface area (Å²) < 4.78 is 5.52. The molecule has 0 spiro atoms. The van der Waals surface area contributed by atoms with Crippen LogP contribution in [0, 0.1) is 0 Å². The van der Waals surface area contributed by atoms with Gasteiger partial charge in [0, 0.05) is 13.0 Å². The Bertz CT molecular complexity index is 883. The molecule has 0 fully saturated rings. The number of carbonyl (C=O) groups excluding carboxylic acids is 1. The van der Waals surface area contributed by atoms with E-state index in [0.717, 1.165) is 19.3 Å². The monoisotopic (exact) mass is 929 g/mol. The number of aliphatic hydroxyl groups is 1. The molecule has 0 aromatic heterocycles. The van der Waals surface area contributed by atoms with Crippen molar-refractivity contribution >= 4 is 5.97 Å². The highest BCUT2D eigenvalue weighted by atomic mass is 16.5. The van der Waals surface area contributed by atoms with Crippen LogP contribution in [0.15, 0.2) is 12.2 Å². The van der Waals surface area contributed by atoms with E-state index in [9.17, 15) is 4.79 Å². The fraction of sp³-hybridized carbons (Fsp3) is 0.952. The molecule has 0 rings (SSSR count). The van der Waals surface area contributed by atoms with Gasteiger partial charge < -0.3 is 9.84 Å². The molecule has 0 aromatic carbocycles. The topological polar surface area (TPSA) is 46.5 Å². The molecule has 0 aliphatic heterocycles.